The number of rotatable bonds is 2. The highest BCUT2D eigenvalue weighted by molar-refractivity contribution is 5.89. The lowest BCUT2D eigenvalue weighted by atomic mass is 9.89. The molecule has 1 atom stereocenters. The molecule has 0 amide bonds. The van der Waals surface area contributed by atoms with E-state index in [0.717, 1.165) is 24.1 Å². The van der Waals surface area contributed by atoms with Gasteiger partial charge < -0.3 is 10.4 Å². The minimum Gasteiger partial charge on any atom is -0.478 e. The predicted molar refractivity (Wildman–Crippen MR) is 62.6 cm³/mol. The lowest BCUT2D eigenvalue weighted by Gasteiger charge is -2.20. The summed E-state index contributed by atoms with van der Waals surface area (Å²) in [4.78, 5) is 11.1. The largest absolute Gasteiger partial charge is 0.478 e. The maximum atomic E-state index is 11.1. The lowest BCUT2D eigenvalue weighted by Crippen LogP contribution is -2.18. The highest BCUT2D eigenvalue weighted by atomic mass is 16.4. The van der Waals surface area contributed by atoms with E-state index in [1.54, 1.807) is 6.07 Å². The van der Waals surface area contributed by atoms with Gasteiger partial charge in [0.05, 0.1) is 5.56 Å². The van der Waals surface area contributed by atoms with E-state index in [1.165, 1.54) is 0 Å². The van der Waals surface area contributed by atoms with Crippen LogP contribution in [0.25, 0.3) is 0 Å². The number of aryl methyl sites for hydroxylation is 1. The van der Waals surface area contributed by atoms with E-state index in [2.05, 4.69) is 5.32 Å². The van der Waals surface area contributed by atoms with Crippen LogP contribution < -0.4 is 5.32 Å². The minimum absolute atomic E-state index is 0.215. The summed E-state index contributed by atoms with van der Waals surface area (Å²) in [5.41, 5.74) is 2.44. The van der Waals surface area contributed by atoms with Crippen LogP contribution in [0.15, 0.2) is 30.5 Å². The molecule has 3 heteroatoms. The van der Waals surface area contributed by atoms with Crippen molar-refractivity contribution in [3.63, 3.8) is 0 Å². The Morgan fingerprint density at radius 1 is 1.50 bits per heavy atom. The van der Waals surface area contributed by atoms with Crippen molar-refractivity contribution in [1.29, 1.82) is 0 Å². The van der Waals surface area contributed by atoms with Gasteiger partial charge in [-0.25, -0.2) is 4.79 Å². The Balaban J connectivity index is 2.44. The molecule has 2 rings (SSSR count). The third-order valence-corrected chi connectivity index (χ3v) is 2.88. The topological polar surface area (TPSA) is 49.3 Å². The van der Waals surface area contributed by atoms with Crippen molar-refractivity contribution in [3.05, 3.63) is 47.2 Å². The van der Waals surface area contributed by atoms with Crippen LogP contribution in [0.4, 0.5) is 0 Å². The van der Waals surface area contributed by atoms with Crippen LogP contribution in [0, 0.1) is 6.92 Å². The molecule has 84 valence electrons. The quantitative estimate of drug-likeness (QED) is 0.799. The Labute approximate surface area is 94.8 Å². The monoisotopic (exact) mass is 217 g/mol. The summed E-state index contributed by atoms with van der Waals surface area (Å²) in [6.07, 6.45) is 4.88. The number of carboxylic acid groups (broad SMARTS) is 1. The molecule has 16 heavy (non-hydrogen) atoms. The summed E-state index contributed by atoms with van der Waals surface area (Å²) >= 11 is 0. The third kappa shape index (κ3) is 2.08. The molecule has 1 aliphatic rings. The first kappa shape index (κ1) is 10.7. The molecule has 1 aliphatic heterocycles. The number of carboxylic acids is 1. The summed E-state index contributed by atoms with van der Waals surface area (Å²) in [6.45, 7) is 2.88. The van der Waals surface area contributed by atoms with Gasteiger partial charge in [0.1, 0.15) is 0 Å². The van der Waals surface area contributed by atoms with Crippen molar-refractivity contribution < 1.29 is 9.90 Å². The summed E-state index contributed by atoms with van der Waals surface area (Å²) in [7, 11) is 0. The van der Waals surface area contributed by atoms with E-state index in [9.17, 15) is 4.79 Å². The zero-order valence-corrected chi connectivity index (χ0v) is 9.23. The highest BCUT2D eigenvalue weighted by Crippen LogP contribution is 2.27. The summed E-state index contributed by atoms with van der Waals surface area (Å²) in [6, 6.07) is 5.52. The molecule has 0 bridgehead atoms. The molecule has 0 saturated carbocycles. The van der Waals surface area contributed by atoms with Gasteiger partial charge in [-0.1, -0.05) is 23.8 Å². The van der Waals surface area contributed by atoms with Crippen LogP contribution in [0.1, 0.15) is 33.8 Å². The lowest BCUT2D eigenvalue weighted by molar-refractivity contribution is 0.0695. The zero-order valence-electron chi connectivity index (χ0n) is 9.23. The molecule has 0 aromatic heterocycles. The second kappa shape index (κ2) is 4.39. The SMILES string of the molecule is Cc1ccc(C(=O)O)c(C2C=CNCC2)c1. The average molecular weight is 217 g/mol. The standard InChI is InChI=1S/C13H15NO2/c1-9-2-3-11(13(15)16)12(8-9)10-4-6-14-7-5-10/h2-4,6,8,10,14H,5,7H2,1H3,(H,15,16). The first-order valence-electron chi connectivity index (χ1n) is 5.42. The number of hydrogen-bond acceptors (Lipinski definition) is 2. The Morgan fingerprint density at radius 3 is 2.94 bits per heavy atom. The fourth-order valence-electron chi connectivity index (χ4n) is 2.05. The van der Waals surface area contributed by atoms with Crippen molar-refractivity contribution in [2.75, 3.05) is 6.54 Å². The van der Waals surface area contributed by atoms with Crippen LogP contribution in [-0.2, 0) is 0 Å². The van der Waals surface area contributed by atoms with Crippen LogP contribution in [0.3, 0.4) is 0 Å². The number of aromatic carboxylic acids is 1. The van der Waals surface area contributed by atoms with Crippen molar-refractivity contribution in [3.8, 4) is 0 Å². The molecule has 0 saturated heterocycles. The van der Waals surface area contributed by atoms with Gasteiger partial charge in [0.2, 0.25) is 0 Å². The third-order valence-electron chi connectivity index (χ3n) is 2.88. The highest BCUT2D eigenvalue weighted by Gasteiger charge is 2.18. The van der Waals surface area contributed by atoms with Crippen LogP contribution in [0.5, 0.6) is 0 Å². The number of hydrogen-bond donors (Lipinski definition) is 2. The maximum Gasteiger partial charge on any atom is 0.335 e. The van der Waals surface area contributed by atoms with Crippen LogP contribution >= 0.6 is 0 Å². The van der Waals surface area contributed by atoms with E-state index in [4.69, 9.17) is 5.11 Å². The molecule has 1 heterocycles. The van der Waals surface area contributed by atoms with Gasteiger partial charge >= 0.3 is 5.97 Å². The Bertz CT molecular complexity index is 438. The molecule has 3 nitrogen and oxygen atoms in total. The molecule has 1 aromatic rings. The second-order valence-electron chi connectivity index (χ2n) is 4.10. The van der Waals surface area contributed by atoms with E-state index in [0.29, 0.717) is 5.56 Å². The van der Waals surface area contributed by atoms with E-state index >= 15 is 0 Å². The minimum atomic E-state index is -0.845. The Morgan fingerprint density at radius 2 is 2.31 bits per heavy atom. The van der Waals surface area contributed by atoms with Crippen molar-refractivity contribution in [1.82, 2.24) is 5.32 Å². The summed E-state index contributed by atoms with van der Waals surface area (Å²) in [5, 5.41) is 12.3. The maximum absolute atomic E-state index is 11.1. The molecular weight excluding hydrogens is 202 g/mol. The molecule has 1 unspecified atom stereocenters. The smallest absolute Gasteiger partial charge is 0.335 e. The summed E-state index contributed by atoms with van der Waals surface area (Å²) in [5.74, 6) is -0.630. The molecule has 0 fully saturated rings. The molecular formula is C13H15NO2. The van der Waals surface area contributed by atoms with Crippen LogP contribution in [-0.4, -0.2) is 17.6 Å². The Kier molecular flexibility index (Phi) is 2.95. The van der Waals surface area contributed by atoms with Crippen molar-refractivity contribution in [2.24, 2.45) is 0 Å². The summed E-state index contributed by atoms with van der Waals surface area (Å²) < 4.78 is 0. The van der Waals surface area contributed by atoms with Crippen molar-refractivity contribution >= 4 is 5.97 Å². The van der Waals surface area contributed by atoms with Crippen LogP contribution in [0.2, 0.25) is 0 Å². The molecule has 1 aromatic carbocycles. The molecule has 0 spiro atoms. The normalized spacial score (nSPS) is 19.2. The number of carbonyl (C=O) groups is 1. The number of benzene rings is 1. The van der Waals surface area contributed by atoms with Gasteiger partial charge in [0.15, 0.2) is 0 Å². The van der Waals surface area contributed by atoms with Gasteiger partial charge in [-0.15, -0.1) is 0 Å². The predicted octanol–water partition coefficient (Wildman–Crippen LogP) is 2.28. The van der Waals surface area contributed by atoms with Gasteiger partial charge in [-0.2, -0.15) is 0 Å². The Hall–Kier alpha value is -1.77. The fourth-order valence-corrected chi connectivity index (χ4v) is 2.05. The molecule has 0 radical (unpaired) electrons. The van der Waals surface area contributed by atoms with E-state index in [-0.39, 0.29) is 5.92 Å². The average Bonchev–Trinajstić information content (AvgIpc) is 2.29. The first-order chi connectivity index (χ1) is 7.68. The van der Waals surface area contributed by atoms with E-state index < -0.39 is 5.97 Å². The van der Waals surface area contributed by atoms with E-state index in [1.807, 2.05) is 31.3 Å². The second-order valence-corrected chi connectivity index (χ2v) is 4.10. The zero-order chi connectivity index (χ0) is 11.5. The van der Waals surface area contributed by atoms with Crippen molar-refractivity contribution in [2.45, 2.75) is 19.3 Å². The van der Waals surface area contributed by atoms with Gasteiger partial charge in [0.25, 0.3) is 0 Å². The molecule has 2 N–H and O–H groups in total. The van der Waals surface area contributed by atoms with Gasteiger partial charge in [-0.3, -0.25) is 0 Å². The number of nitrogens with one attached hydrogen (secondary N) is 1. The number of allylic oxidation sites excluding steroid dienone is 1. The van der Waals surface area contributed by atoms with Gasteiger partial charge in [0, 0.05) is 12.5 Å². The fraction of sp³-hybridized carbons (Fsp3) is 0.308. The van der Waals surface area contributed by atoms with Gasteiger partial charge in [-0.05, 0) is 31.2 Å². The first-order valence-corrected chi connectivity index (χ1v) is 5.42. The molecule has 0 aliphatic carbocycles.